The topological polar surface area (TPSA) is 63.1 Å². The summed E-state index contributed by atoms with van der Waals surface area (Å²) in [7, 11) is -4.12. The molecule has 5 nitrogen and oxygen atoms in total. The molecular formula is C23H24ClF2N3O2S. The number of hydrogen-bond donors (Lipinski definition) is 2. The van der Waals surface area contributed by atoms with E-state index >= 15 is 0 Å². The quantitative estimate of drug-likeness (QED) is 0.439. The molecule has 170 valence electrons. The van der Waals surface area contributed by atoms with Crippen LogP contribution in [0.25, 0.3) is 10.9 Å². The molecule has 9 heteroatoms. The highest BCUT2D eigenvalue weighted by atomic mass is 35.5. The van der Waals surface area contributed by atoms with E-state index in [1.54, 1.807) is 42.5 Å². The normalized spacial score (nSPS) is 16.4. The van der Waals surface area contributed by atoms with Crippen LogP contribution in [-0.2, 0) is 10.0 Å². The zero-order valence-electron chi connectivity index (χ0n) is 17.3. The van der Waals surface area contributed by atoms with Gasteiger partial charge >= 0.3 is 0 Å². The molecule has 1 atom stereocenters. The molecule has 1 aromatic heterocycles. The Morgan fingerprint density at radius 2 is 1.84 bits per heavy atom. The molecule has 1 unspecified atom stereocenters. The van der Waals surface area contributed by atoms with E-state index in [0.29, 0.717) is 16.3 Å². The van der Waals surface area contributed by atoms with Crippen molar-refractivity contribution in [2.45, 2.75) is 30.6 Å². The molecule has 1 aliphatic rings. The second kappa shape index (κ2) is 9.21. The number of alkyl halides is 2. The minimum absolute atomic E-state index is 0.127. The maximum absolute atomic E-state index is 14.0. The highest BCUT2D eigenvalue weighted by molar-refractivity contribution is 7.90. The number of nitrogens with one attached hydrogen (secondary N) is 2. The molecule has 0 radical (unpaired) electrons. The molecule has 3 aromatic rings. The van der Waals surface area contributed by atoms with Gasteiger partial charge in [-0.25, -0.2) is 21.2 Å². The SMILES string of the molecule is C=CC(c1ccc(Cl)cc1)S(=O)(=O)n1cc(C(F)F)c2c(NC3CCNCC3)cccc21. The molecule has 1 aliphatic heterocycles. The average Bonchev–Trinajstić information content (AvgIpc) is 3.18. The van der Waals surface area contributed by atoms with E-state index < -0.39 is 21.7 Å². The first-order chi connectivity index (χ1) is 15.3. The van der Waals surface area contributed by atoms with Crippen LogP contribution in [0.4, 0.5) is 14.5 Å². The van der Waals surface area contributed by atoms with Crippen LogP contribution < -0.4 is 10.6 Å². The fourth-order valence-electron chi connectivity index (χ4n) is 4.17. The summed E-state index contributed by atoms with van der Waals surface area (Å²) >= 11 is 5.93. The molecule has 0 spiro atoms. The third-order valence-corrected chi connectivity index (χ3v) is 7.98. The van der Waals surface area contributed by atoms with E-state index in [0.717, 1.165) is 36.1 Å². The Morgan fingerprint density at radius 1 is 1.16 bits per heavy atom. The molecule has 2 heterocycles. The number of nitrogens with zero attached hydrogens (tertiary/aromatic N) is 1. The minimum Gasteiger partial charge on any atom is -0.382 e. The Morgan fingerprint density at radius 3 is 2.47 bits per heavy atom. The molecule has 0 amide bonds. The van der Waals surface area contributed by atoms with Crippen molar-refractivity contribution < 1.29 is 17.2 Å². The van der Waals surface area contributed by atoms with Crippen LogP contribution >= 0.6 is 11.6 Å². The predicted octanol–water partition coefficient (Wildman–Crippen LogP) is 5.50. The van der Waals surface area contributed by atoms with Gasteiger partial charge in [0.1, 0.15) is 5.25 Å². The molecule has 32 heavy (non-hydrogen) atoms. The smallest absolute Gasteiger partial charge is 0.266 e. The monoisotopic (exact) mass is 479 g/mol. The zero-order chi connectivity index (χ0) is 22.9. The number of fused-ring (bicyclic) bond motifs is 1. The molecule has 2 N–H and O–H groups in total. The van der Waals surface area contributed by atoms with E-state index in [4.69, 9.17) is 11.6 Å². The van der Waals surface area contributed by atoms with Crippen molar-refractivity contribution in [2.75, 3.05) is 18.4 Å². The predicted molar refractivity (Wildman–Crippen MR) is 125 cm³/mol. The van der Waals surface area contributed by atoms with Gasteiger partial charge in [0.2, 0.25) is 10.0 Å². The number of aromatic nitrogens is 1. The lowest BCUT2D eigenvalue weighted by Gasteiger charge is -2.25. The van der Waals surface area contributed by atoms with E-state index in [9.17, 15) is 17.2 Å². The van der Waals surface area contributed by atoms with E-state index in [1.807, 2.05) is 0 Å². The Hall–Kier alpha value is -2.42. The maximum Gasteiger partial charge on any atom is 0.266 e. The third-order valence-electron chi connectivity index (χ3n) is 5.77. The van der Waals surface area contributed by atoms with E-state index in [1.165, 1.54) is 6.08 Å². The second-order valence-corrected chi connectivity index (χ2v) is 10.2. The van der Waals surface area contributed by atoms with E-state index in [-0.39, 0.29) is 22.5 Å². The molecule has 0 saturated carbocycles. The maximum atomic E-state index is 14.0. The molecule has 4 rings (SSSR count). The highest BCUT2D eigenvalue weighted by Crippen LogP contribution is 2.38. The van der Waals surface area contributed by atoms with Gasteiger partial charge in [-0.3, -0.25) is 0 Å². The largest absolute Gasteiger partial charge is 0.382 e. The first-order valence-electron chi connectivity index (χ1n) is 10.3. The number of rotatable bonds is 7. The molecule has 2 aromatic carbocycles. The Labute approximate surface area is 191 Å². The van der Waals surface area contributed by atoms with Crippen LogP contribution in [0.2, 0.25) is 5.02 Å². The van der Waals surface area contributed by atoms with Crippen LogP contribution in [0.15, 0.2) is 61.3 Å². The van der Waals surface area contributed by atoms with Crippen molar-refractivity contribution >= 4 is 38.2 Å². The summed E-state index contributed by atoms with van der Waals surface area (Å²) in [6.45, 7) is 5.36. The molecule has 1 saturated heterocycles. The molecule has 0 bridgehead atoms. The number of halogens is 3. The Bertz CT molecular complexity index is 1220. The van der Waals surface area contributed by atoms with Gasteiger partial charge in [-0.15, -0.1) is 6.58 Å². The second-order valence-electron chi connectivity index (χ2n) is 7.80. The van der Waals surface area contributed by atoms with Crippen LogP contribution in [0, 0.1) is 0 Å². The summed E-state index contributed by atoms with van der Waals surface area (Å²) < 4.78 is 56.2. The lowest BCUT2D eigenvalue weighted by atomic mass is 10.0. The zero-order valence-corrected chi connectivity index (χ0v) is 18.8. The van der Waals surface area contributed by atoms with Crippen LogP contribution in [-0.4, -0.2) is 31.5 Å². The fourth-order valence-corrected chi connectivity index (χ4v) is 5.98. The summed E-state index contributed by atoms with van der Waals surface area (Å²) in [6, 6.07) is 11.4. The fraction of sp³-hybridized carbons (Fsp3) is 0.304. The summed E-state index contributed by atoms with van der Waals surface area (Å²) in [5.74, 6) is 0. The minimum atomic E-state index is -4.12. The average molecular weight is 480 g/mol. The van der Waals surface area contributed by atoms with Gasteiger partial charge in [0.05, 0.1) is 5.52 Å². The van der Waals surface area contributed by atoms with E-state index in [2.05, 4.69) is 17.2 Å². The van der Waals surface area contributed by atoms with Crippen LogP contribution in [0.3, 0.4) is 0 Å². The van der Waals surface area contributed by atoms with Gasteiger partial charge in [0, 0.05) is 33.9 Å². The van der Waals surface area contributed by atoms with Crippen LogP contribution in [0.1, 0.15) is 35.6 Å². The van der Waals surface area contributed by atoms with Crippen molar-refractivity contribution in [1.82, 2.24) is 9.29 Å². The first kappa shape index (κ1) is 22.8. The number of anilines is 1. The van der Waals surface area contributed by atoms with Crippen molar-refractivity contribution in [3.63, 3.8) is 0 Å². The van der Waals surface area contributed by atoms with Gasteiger partial charge in [-0.2, -0.15) is 0 Å². The summed E-state index contributed by atoms with van der Waals surface area (Å²) in [5, 5.41) is 6.19. The van der Waals surface area contributed by atoms with Gasteiger partial charge in [0.25, 0.3) is 6.43 Å². The molecule has 1 fully saturated rings. The molecule has 0 aliphatic carbocycles. The summed E-state index contributed by atoms with van der Waals surface area (Å²) in [5.41, 5.74) is 0.855. The number of hydrogen-bond acceptors (Lipinski definition) is 4. The van der Waals surface area contributed by atoms with Gasteiger partial charge < -0.3 is 10.6 Å². The van der Waals surface area contributed by atoms with Crippen molar-refractivity contribution in [3.8, 4) is 0 Å². The molecular weight excluding hydrogens is 456 g/mol. The Kier molecular flexibility index (Phi) is 6.55. The van der Waals surface area contributed by atoms with Crippen LogP contribution in [0.5, 0.6) is 0 Å². The Balaban J connectivity index is 1.84. The summed E-state index contributed by atoms with van der Waals surface area (Å²) in [6.07, 6.45) is 1.21. The third kappa shape index (κ3) is 4.27. The van der Waals surface area contributed by atoms with Gasteiger partial charge in [0.15, 0.2) is 0 Å². The standard InChI is InChI=1S/C23H24ClF2N3O2S/c1-2-21(15-6-8-16(24)9-7-15)32(30,31)29-14-18(23(25)26)22-19(4-3-5-20(22)29)28-17-10-12-27-13-11-17/h2-9,14,17,21,23,27-28H,1,10-13H2. The van der Waals surface area contributed by atoms with Crippen molar-refractivity contribution in [3.05, 3.63) is 77.5 Å². The van der Waals surface area contributed by atoms with Gasteiger partial charge in [-0.05, 0) is 55.8 Å². The summed E-state index contributed by atoms with van der Waals surface area (Å²) in [4.78, 5) is 0. The van der Waals surface area contributed by atoms with Crippen molar-refractivity contribution in [1.29, 1.82) is 0 Å². The van der Waals surface area contributed by atoms with Crippen molar-refractivity contribution in [2.24, 2.45) is 0 Å². The first-order valence-corrected chi connectivity index (χ1v) is 12.2. The van der Waals surface area contributed by atoms with Gasteiger partial charge in [-0.1, -0.05) is 35.9 Å². The lowest BCUT2D eigenvalue weighted by molar-refractivity contribution is 0.153. The number of benzene rings is 2. The number of piperidine rings is 1. The highest BCUT2D eigenvalue weighted by Gasteiger charge is 2.31. The lowest BCUT2D eigenvalue weighted by Crippen LogP contribution is -2.35.